The number of hydrogen-bond donors (Lipinski definition) is 1. The Kier molecular flexibility index (Phi) is 2.56. The third-order valence-electron chi connectivity index (χ3n) is 2.87. The lowest BCUT2D eigenvalue weighted by Gasteiger charge is -2.28. The number of aromatic nitrogens is 3. The Morgan fingerprint density at radius 3 is 2.88 bits per heavy atom. The SMILES string of the molecule is Fc1nc(N2CCNCC2)c2cnccc2n1. The van der Waals surface area contributed by atoms with Crippen LogP contribution in [0.4, 0.5) is 10.2 Å². The van der Waals surface area contributed by atoms with Crippen LogP contribution in [-0.2, 0) is 0 Å². The van der Waals surface area contributed by atoms with Crippen molar-refractivity contribution in [2.24, 2.45) is 0 Å². The second-order valence-corrected chi connectivity index (χ2v) is 3.95. The molecule has 5 nitrogen and oxygen atoms in total. The van der Waals surface area contributed by atoms with Crippen LogP contribution in [0.5, 0.6) is 0 Å². The van der Waals surface area contributed by atoms with Gasteiger partial charge in [0.15, 0.2) is 0 Å². The van der Waals surface area contributed by atoms with Crippen LogP contribution in [0, 0.1) is 6.08 Å². The molecule has 0 aromatic carbocycles. The van der Waals surface area contributed by atoms with Gasteiger partial charge in [0.05, 0.1) is 10.9 Å². The summed E-state index contributed by atoms with van der Waals surface area (Å²) < 4.78 is 13.4. The highest BCUT2D eigenvalue weighted by molar-refractivity contribution is 5.88. The Balaban J connectivity index is 2.13. The quantitative estimate of drug-likeness (QED) is 0.730. The fraction of sp³-hybridized carbons (Fsp3) is 0.364. The van der Waals surface area contributed by atoms with Crippen LogP contribution in [0.2, 0.25) is 0 Å². The van der Waals surface area contributed by atoms with E-state index in [1.807, 2.05) is 0 Å². The Labute approximate surface area is 97.7 Å². The van der Waals surface area contributed by atoms with E-state index in [0.29, 0.717) is 11.3 Å². The highest BCUT2D eigenvalue weighted by atomic mass is 19.1. The molecule has 17 heavy (non-hydrogen) atoms. The maximum atomic E-state index is 13.4. The highest BCUT2D eigenvalue weighted by Gasteiger charge is 2.16. The molecule has 3 rings (SSSR count). The summed E-state index contributed by atoms with van der Waals surface area (Å²) in [7, 11) is 0. The summed E-state index contributed by atoms with van der Waals surface area (Å²) in [6, 6.07) is 1.70. The molecule has 1 fully saturated rings. The van der Waals surface area contributed by atoms with Gasteiger partial charge < -0.3 is 10.2 Å². The molecule has 0 bridgehead atoms. The summed E-state index contributed by atoms with van der Waals surface area (Å²) >= 11 is 0. The van der Waals surface area contributed by atoms with Crippen molar-refractivity contribution >= 4 is 16.7 Å². The van der Waals surface area contributed by atoms with E-state index in [4.69, 9.17) is 0 Å². The average Bonchev–Trinajstić information content (AvgIpc) is 2.39. The minimum Gasteiger partial charge on any atom is -0.353 e. The molecule has 2 aromatic heterocycles. The van der Waals surface area contributed by atoms with Gasteiger partial charge in [-0.25, -0.2) is 4.98 Å². The van der Waals surface area contributed by atoms with Crippen molar-refractivity contribution < 1.29 is 4.39 Å². The molecule has 1 aliphatic heterocycles. The molecule has 0 aliphatic carbocycles. The molecule has 0 radical (unpaired) electrons. The van der Waals surface area contributed by atoms with Gasteiger partial charge in [0.25, 0.3) is 0 Å². The number of rotatable bonds is 1. The second kappa shape index (κ2) is 4.21. The minimum atomic E-state index is -0.683. The van der Waals surface area contributed by atoms with E-state index in [0.717, 1.165) is 31.6 Å². The lowest BCUT2D eigenvalue weighted by Crippen LogP contribution is -2.44. The second-order valence-electron chi connectivity index (χ2n) is 3.95. The molecule has 0 saturated carbocycles. The zero-order valence-electron chi connectivity index (χ0n) is 9.23. The highest BCUT2D eigenvalue weighted by Crippen LogP contribution is 2.22. The summed E-state index contributed by atoms with van der Waals surface area (Å²) in [5.41, 5.74) is 0.598. The Bertz CT molecular complexity index is 538. The van der Waals surface area contributed by atoms with Crippen molar-refractivity contribution in [2.45, 2.75) is 0 Å². The lowest BCUT2D eigenvalue weighted by molar-refractivity contribution is 0.534. The number of piperazine rings is 1. The molecule has 3 heterocycles. The largest absolute Gasteiger partial charge is 0.353 e. The Morgan fingerprint density at radius 2 is 2.06 bits per heavy atom. The van der Waals surface area contributed by atoms with Crippen molar-refractivity contribution in [3.63, 3.8) is 0 Å². The molecule has 0 atom stereocenters. The molecular formula is C11H12FN5. The van der Waals surface area contributed by atoms with Crippen LogP contribution < -0.4 is 10.2 Å². The van der Waals surface area contributed by atoms with E-state index in [9.17, 15) is 4.39 Å². The van der Waals surface area contributed by atoms with E-state index < -0.39 is 6.08 Å². The van der Waals surface area contributed by atoms with Crippen LogP contribution in [0.1, 0.15) is 0 Å². The minimum absolute atomic E-state index is 0.598. The van der Waals surface area contributed by atoms with Crippen molar-refractivity contribution in [2.75, 3.05) is 31.1 Å². The first-order valence-corrected chi connectivity index (χ1v) is 5.57. The number of fused-ring (bicyclic) bond motifs is 1. The smallest absolute Gasteiger partial charge is 0.311 e. The van der Waals surface area contributed by atoms with Crippen LogP contribution in [0.15, 0.2) is 18.5 Å². The molecule has 6 heteroatoms. The molecule has 88 valence electrons. The fourth-order valence-electron chi connectivity index (χ4n) is 2.05. The van der Waals surface area contributed by atoms with Gasteiger partial charge in [-0.15, -0.1) is 0 Å². The van der Waals surface area contributed by atoms with E-state index in [1.54, 1.807) is 18.5 Å². The Morgan fingerprint density at radius 1 is 1.24 bits per heavy atom. The van der Waals surface area contributed by atoms with Gasteiger partial charge in [-0.2, -0.15) is 9.37 Å². The van der Waals surface area contributed by atoms with Gasteiger partial charge in [-0.3, -0.25) is 4.98 Å². The van der Waals surface area contributed by atoms with Gasteiger partial charge in [-0.05, 0) is 6.07 Å². The molecule has 0 spiro atoms. The molecule has 1 saturated heterocycles. The summed E-state index contributed by atoms with van der Waals surface area (Å²) in [6.45, 7) is 3.40. The van der Waals surface area contributed by atoms with Gasteiger partial charge in [0.2, 0.25) is 0 Å². The van der Waals surface area contributed by atoms with Gasteiger partial charge >= 0.3 is 6.08 Å². The first-order chi connectivity index (χ1) is 8.34. The van der Waals surface area contributed by atoms with Crippen LogP contribution in [0.3, 0.4) is 0 Å². The molecule has 0 unspecified atom stereocenters. The third kappa shape index (κ3) is 1.91. The number of hydrogen-bond acceptors (Lipinski definition) is 5. The van der Waals surface area contributed by atoms with E-state index in [2.05, 4.69) is 25.2 Å². The monoisotopic (exact) mass is 233 g/mol. The first-order valence-electron chi connectivity index (χ1n) is 5.57. The predicted octanol–water partition coefficient (Wildman–Crippen LogP) is 0.573. The predicted molar refractivity (Wildman–Crippen MR) is 62.4 cm³/mol. The molecule has 0 amide bonds. The normalized spacial score (nSPS) is 16.4. The topological polar surface area (TPSA) is 53.9 Å². The van der Waals surface area contributed by atoms with Crippen LogP contribution in [-0.4, -0.2) is 41.1 Å². The first kappa shape index (κ1) is 10.3. The van der Waals surface area contributed by atoms with Gasteiger partial charge in [-0.1, -0.05) is 0 Å². The van der Waals surface area contributed by atoms with E-state index in [-0.39, 0.29) is 0 Å². The van der Waals surface area contributed by atoms with Crippen molar-refractivity contribution in [1.29, 1.82) is 0 Å². The van der Waals surface area contributed by atoms with Crippen molar-refractivity contribution in [3.8, 4) is 0 Å². The molecule has 2 aromatic rings. The van der Waals surface area contributed by atoms with Crippen LogP contribution >= 0.6 is 0 Å². The summed E-state index contributed by atoms with van der Waals surface area (Å²) in [5, 5.41) is 4.05. The molecule has 1 N–H and O–H groups in total. The number of pyridine rings is 1. The fourth-order valence-corrected chi connectivity index (χ4v) is 2.05. The van der Waals surface area contributed by atoms with Crippen molar-refractivity contribution in [3.05, 3.63) is 24.5 Å². The standard InChI is InChI=1S/C11H12FN5/c12-11-15-9-1-2-14-7-8(9)10(16-11)17-5-3-13-4-6-17/h1-2,7,13H,3-6H2. The average molecular weight is 233 g/mol. The summed E-state index contributed by atoms with van der Waals surface area (Å²) in [4.78, 5) is 13.8. The lowest BCUT2D eigenvalue weighted by atomic mass is 10.2. The Hall–Kier alpha value is -1.82. The zero-order valence-corrected chi connectivity index (χ0v) is 9.23. The molecule has 1 aliphatic rings. The van der Waals surface area contributed by atoms with Crippen LogP contribution in [0.25, 0.3) is 10.9 Å². The number of halogens is 1. The number of nitrogens with zero attached hydrogens (tertiary/aromatic N) is 4. The van der Waals surface area contributed by atoms with Gasteiger partial charge in [0.1, 0.15) is 5.82 Å². The number of anilines is 1. The van der Waals surface area contributed by atoms with Crippen molar-refractivity contribution in [1.82, 2.24) is 20.3 Å². The number of nitrogens with one attached hydrogen (secondary N) is 1. The molecular weight excluding hydrogens is 221 g/mol. The maximum Gasteiger partial charge on any atom is 0.311 e. The zero-order chi connectivity index (χ0) is 11.7. The van der Waals surface area contributed by atoms with E-state index in [1.165, 1.54) is 0 Å². The maximum absolute atomic E-state index is 13.4. The van der Waals surface area contributed by atoms with Gasteiger partial charge in [0, 0.05) is 38.6 Å². The summed E-state index contributed by atoms with van der Waals surface area (Å²) in [6.07, 6.45) is 2.61. The third-order valence-corrected chi connectivity index (χ3v) is 2.87. The van der Waals surface area contributed by atoms with E-state index >= 15 is 0 Å². The summed E-state index contributed by atoms with van der Waals surface area (Å²) in [5.74, 6) is 0.641.